The zero-order valence-electron chi connectivity index (χ0n) is 13.4. The van der Waals surface area contributed by atoms with E-state index in [1.165, 1.54) is 12.1 Å². The lowest BCUT2D eigenvalue weighted by Crippen LogP contribution is -2.40. The van der Waals surface area contributed by atoms with E-state index in [0.29, 0.717) is 5.19 Å². The van der Waals surface area contributed by atoms with Crippen LogP contribution < -0.4 is 9.37 Å². The number of hydrogen-bond donors (Lipinski definition) is 0. The Morgan fingerprint density at radius 3 is 1.83 bits per heavy atom. The van der Waals surface area contributed by atoms with E-state index in [-0.39, 0.29) is 5.75 Å². The second kappa shape index (κ2) is 7.72. The van der Waals surface area contributed by atoms with Gasteiger partial charge in [0.1, 0.15) is 5.75 Å². The molecule has 130 valence electrons. The highest BCUT2D eigenvalue weighted by Gasteiger charge is 2.49. The Labute approximate surface area is 141 Å². The maximum absolute atomic E-state index is 12.2. The Morgan fingerprint density at radius 1 is 0.958 bits per heavy atom. The van der Waals surface area contributed by atoms with E-state index in [2.05, 4.69) is 16.3 Å². The minimum Gasteiger partial charge on any atom is -0.376 e. The number of halogens is 3. The summed E-state index contributed by atoms with van der Waals surface area (Å²) in [5.74, 6) is -0.242. The van der Waals surface area contributed by atoms with Crippen LogP contribution >= 0.6 is 0 Å². The number of para-hydroxylation sites is 1. The fourth-order valence-corrected chi connectivity index (χ4v) is 3.65. The minimum absolute atomic E-state index is 0.242. The Hall–Kier alpha value is -1.98. The molecule has 0 aliphatic carbocycles. The van der Waals surface area contributed by atoms with Crippen molar-refractivity contribution in [2.75, 3.05) is 0 Å². The summed E-state index contributed by atoms with van der Waals surface area (Å²) in [5, 5.41) is 0.526. The summed E-state index contributed by atoms with van der Waals surface area (Å²) >= 11 is 0. The summed E-state index contributed by atoms with van der Waals surface area (Å²) in [4.78, 5) is 0. The van der Waals surface area contributed by atoms with Crippen molar-refractivity contribution < 1.29 is 25.8 Å². The lowest BCUT2D eigenvalue weighted by Gasteiger charge is -2.20. The lowest BCUT2D eigenvalue weighted by atomic mass is 10.3. The van der Waals surface area contributed by atoms with Gasteiger partial charge < -0.3 is 4.18 Å². The van der Waals surface area contributed by atoms with E-state index in [4.69, 9.17) is 0 Å². The molecule has 2 aromatic carbocycles. The van der Waals surface area contributed by atoms with Crippen LogP contribution in [0, 0.1) is 12.1 Å². The number of alkyl halides is 3. The number of rotatable bonds is 3. The van der Waals surface area contributed by atoms with E-state index < -0.39 is 23.7 Å². The Bertz CT molecular complexity index is 712. The average Bonchev–Trinajstić information content (AvgIpc) is 2.47. The minimum atomic E-state index is -5.61. The van der Waals surface area contributed by atoms with Gasteiger partial charge in [0.2, 0.25) is 0 Å². The van der Waals surface area contributed by atoms with Crippen LogP contribution in [0.4, 0.5) is 13.2 Å². The Balaban J connectivity index is 0.000000400. The largest absolute Gasteiger partial charge is 0.534 e. The zero-order chi connectivity index (χ0) is 18.4. The normalized spacial score (nSPS) is 11.8. The molecule has 0 aliphatic heterocycles. The predicted octanol–water partition coefficient (Wildman–Crippen LogP) is 3.75. The van der Waals surface area contributed by atoms with Crippen molar-refractivity contribution >= 4 is 23.4 Å². The summed E-state index contributed by atoms with van der Waals surface area (Å²) in [6, 6.07) is 18.9. The van der Waals surface area contributed by atoms with Gasteiger partial charge in [0, 0.05) is 0 Å². The van der Waals surface area contributed by atoms with Crippen molar-refractivity contribution in [2.24, 2.45) is 0 Å². The maximum Gasteiger partial charge on any atom is 0.534 e. The topological polar surface area (TPSA) is 43.4 Å². The second-order valence-corrected chi connectivity index (χ2v) is 12.3. The van der Waals surface area contributed by atoms with Crippen molar-refractivity contribution in [1.29, 1.82) is 0 Å². The average molecular weight is 374 g/mol. The second-order valence-electron chi connectivity index (χ2n) is 5.74. The standard InChI is InChI=1S/C10H13F3O3SSi.C6H4/c1-18(2,3)9-7-5-4-6-8(9)16-17(14,15)10(11,12)13;1-2-4-6-5-3-1/h4-7H,1-3H3;1-4H. The molecule has 0 aromatic heterocycles. The molecule has 0 fully saturated rings. The number of benzene rings is 1. The highest BCUT2D eigenvalue weighted by atomic mass is 32.2. The monoisotopic (exact) mass is 374 g/mol. The molecule has 2 rings (SSSR count). The van der Waals surface area contributed by atoms with Gasteiger partial charge in [-0.2, -0.15) is 21.6 Å². The molecule has 0 radical (unpaired) electrons. The van der Waals surface area contributed by atoms with Gasteiger partial charge in [0.05, 0.1) is 8.07 Å². The van der Waals surface area contributed by atoms with E-state index in [0.717, 1.165) is 0 Å². The quantitative estimate of drug-likeness (QED) is 0.467. The van der Waals surface area contributed by atoms with Crippen molar-refractivity contribution in [3.05, 3.63) is 60.7 Å². The van der Waals surface area contributed by atoms with Gasteiger partial charge in [0.15, 0.2) is 0 Å². The highest BCUT2D eigenvalue weighted by molar-refractivity contribution is 7.88. The van der Waals surface area contributed by atoms with E-state index in [9.17, 15) is 21.6 Å². The fraction of sp³-hybridized carbons (Fsp3) is 0.250. The third-order valence-corrected chi connectivity index (χ3v) is 5.73. The van der Waals surface area contributed by atoms with Crippen LogP contribution in [0.1, 0.15) is 0 Å². The molecule has 0 atom stereocenters. The van der Waals surface area contributed by atoms with Crippen LogP contribution in [0.15, 0.2) is 48.5 Å². The molecular weight excluding hydrogens is 357 g/mol. The van der Waals surface area contributed by atoms with Crippen LogP contribution in [0.3, 0.4) is 0 Å². The van der Waals surface area contributed by atoms with Crippen LogP contribution in [0.5, 0.6) is 5.75 Å². The van der Waals surface area contributed by atoms with Gasteiger partial charge in [0.25, 0.3) is 0 Å². The zero-order valence-corrected chi connectivity index (χ0v) is 15.2. The van der Waals surface area contributed by atoms with E-state index in [1.807, 2.05) is 43.9 Å². The highest BCUT2D eigenvalue weighted by Crippen LogP contribution is 2.27. The Kier molecular flexibility index (Phi) is 6.46. The van der Waals surface area contributed by atoms with Crippen LogP contribution in [-0.4, -0.2) is 22.0 Å². The smallest absolute Gasteiger partial charge is 0.376 e. The summed E-state index contributed by atoms with van der Waals surface area (Å²) in [5.41, 5.74) is -5.42. The van der Waals surface area contributed by atoms with Crippen molar-refractivity contribution in [3.8, 4) is 5.75 Å². The lowest BCUT2D eigenvalue weighted by molar-refractivity contribution is -0.0499. The molecule has 0 heterocycles. The van der Waals surface area contributed by atoms with Gasteiger partial charge >= 0.3 is 15.6 Å². The SMILES string of the molecule is C[Si](C)(C)c1ccccc1OS(=O)(=O)C(F)(F)F.c1ccccc#1. The molecule has 24 heavy (non-hydrogen) atoms. The van der Waals surface area contributed by atoms with Crippen LogP contribution in [0.2, 0.25) is 19.6 Å². The molecular formula is C16H17F3O3SSi. The molecule has 2 aromatic rings. The van der Waals surface area contributed by atoms with Crippen molar-refractivity contribution in [2.45, 2.75) is 25.1 Å². The molecule has 0 N–H and O–H groups in total. The molecule has 0 aliphatic rings. The first-order valence-corrected chi connectivity index (χ1v) is 11.8. The van der Waals surface area contributed by atoms with Crippen molar-refractivity contribution in [3.63, 3.8) is 0 Å². The first-order chi connectivity index (χ1) is 11.0. The van der Waals surface area contributed by atoms with Crippen molar-refractivity contribution in [1.82, 2.24) is 0 Å². The Morgan fingerprint density at radius 2 is 1.46 bits per heavy atom. The summed E-state index contributed by atoms with van der Waals surface area (Å²) in [6.45, 7) is 5.65. The van der Waals surface area contributed by atoms with E-state index in [1.54, 1.807) is 12.1 Å². The van der Waals surface area contributed by atoms with Gasteiger partial charge in [-0.25, -0.2) is 0 Å². The number of hydrogen-bond acceptors (Lipinski definition) is 3. The fourth-order valence-electron chi connectivity index (χ4n) is 1.63. The molecule has 0 unspecified atom stereocenters. The molecule has 0 amide bonds. The summed E-state index contributed by atoms with van der Waals surface area (Å²) in [6.07, 6.45) is 0. The molecule has 8 heteroatoms. The van der Waals surface area contributed by atoms with Gasteiger partial charge in [-0.05, 0) is 23.4 Å². The molecule has 0 spiro atoms. The third kappa shape index (κ3) is 5.90. The van der Waals surface area contributed by atoms with Crippen LogP contribution in [0.25, 0.3) is 0 Å². The summed E-state index contributed by atoms with van der Waals surface area (Å²) in [7, 11) is -7.60. The van der Waals surface area contributed by atoms with Gasteiger partial charge in [-0.1, -0.05) is 62.1 Å². The first-order valence-electron chi connectivity index (χ1n) is 6.88. The maximum atomic E-state index is 12.2. The molecule has 3 nitrogen and oxygen atoms in total. The van der Waals surface area contributed by atoms with Crippen LogP contribution in [-0.2, 0) is 10.1 Å². The third-order valence-electron chi connectivity index (χ3n) is 2.73. The molecule has 0 bridgehead atoms. The first kappa shape index (κ1) is 20.1. The predicted molar refractivity (Wildman–Crippen MR) is 89.1 cm³/mol. The molecule has 0 saturated carbocycles. The summed E-state index contributed by atoms with van der Waals surface area (Å²) < 4.78 is 62.9. The van der Waals surface area contributed by atoms with Gasteiger partial charge in [-0.3, -0.25) is 0 Å². The van der Waals surface area contributed by atoms with Gasteiger partial charge in [-0.15, -0.1) is 0 Å². The molecule has 0 saturated heterocycles. The van der Waals surface area contributed by atoms with E-state index >= 15 is 0 Å².